The van der Waals surface area contributed by atoms with E-state index in [9.17, 15) is 14.8 Å². The molecule has 4 nitrogen and oxygen atoms in total. The lowest BCUT2D eigenvalue weighted by Gasteiger charge is -2.41. The van der Waals surface area contributed by atoms with Crippen LogP contribution in [-0.2, 0) is 0 Å². The molecule has 0 aromatic heterocycles. The third kappa shape index (κ3) is 2.12. The van der Waals surface area contributed by atoms with Crippen LogP contribution in [0.4, 0.5) is 15.8 Å². The van der Waals surface area contributed by atoms with Gasteiger partial charge in [-0.1, -0.05) is 15.9 Å². The van der Waals surface area contributed by atoms with Crippen molar-refractivity contribution in [3.05, 3.63) is 34.4 Å². The fourth-order valence-electron chi connectivity index (χ4n) is 1.82. The molecule has 1 aromatic rings. The average molecular weight is 368 g/mol. The summed E-state index contributed by atoms with van der Waals surface area (Å²) in [6.45, 7) is 0.0542. The van der Waals surface area contributed by atoms with Crippen molar-refractivity contribution in [2.24, 2.45) is 0 Å². The summed E-state index contributed by atoms with van der Waals surface area (Å²) in [7, 11) is 0. The van der Waals surface area contributed by atoms with Gasteiger partial charge in [-0.2, -0.15) is 4.74 Å². The fraction of sp³-hybridized carbons (Fsp3) is 0.300. The molecule has 0 amide bonds. The standard InChI is InChI=1S/C10H9Br2FN2O2/c11-4-8-5-15(17,6-12)10-2-1-7(13)3-9(10)14(8)16/h1-3H,4-6H2. The smallest absolute Gasteiger partial charge is 0.281 e. The van der Waals surface area contributed by atoms with Crippen LogP contribution in [0.25, 0.3) is 0 Å². The van der Waals surface area contributed by atoms with E-state index in [-0.39, 0.29) is 23.4 Å². The third-order valence-corrected chi connectivity index (χ3v) is 4.13. The predicted octanol–water partition coefficient (Wildman–Crippen LogP) is 2.97. The molecule has 1 aliphatic heterocycles. The maximum atomic E-state index is 13.1. The van der Waals surface area contributed by atoms with Crippen LogP contribution in [0.3, 0.4) is 0 Å². The Morgan fingerprint density at radius 2 is 2.12 bits per heavy atom. The van der Waals surface area contributed by atoms with Crippen LogP contribution in [0.15, 0.2) is 18.2 Å². The van der Waals surface area contributed by atoms with Gasteiger partial charge >= 0.3 is 0 Å². The van der Waals surface area contributed by atoms with Crippen molar-refractivity contribution in [3.63, 3.8) is 0 Å². The Balaban J connectivity index is 2.67. The van der Waals surface area contributed by atoms with Crippen molar-refractivity contribution in [2.45, 2.75) is 0 Å². The minimum Gasteiger partial charge on any atom is -0.626 e. The zero-order chi connectivity index (χ0) is 12.6. The number of hydrogen-bond acceptors (Lipinski definition) is 2. The number of hydrogen-bond donors (Lipinski definition) is 0. The first-order valence-corrected chi connectivity index (χ1v) is 7.08. The van der Waals surface area contributed by atoms with Gasteiger partial charge in [-0.15, -0.1) is 0 Å². The lowest BCUT2D eigenvalue weighted by molar-refractivity contribution is -0.365. The number of hydroxylamine groups is 2. The highest BCUT2D eigenvalue weighted by Gasteiger charge is 2.37. The van der Waals surface area contributed by atoms with E-state index in [1.807, 2.05) is 0 Å². The second kappa shape index (κ2) is 4.64. The molecule has 0 fully saturated rings. The molecule has 0 spiro atoms. The topological polar surface area (TPSA) is 49.1 Å². The van der Waals surface area contributed by atoms with Gasteiger partial charge in [0, 0.05) is 6.07 Å². The first-order chi connectivity index (χ1) is 8.01. The van der Waals surface area contributed by atoms with E-state index in [0.29, 0.717) is 15.8 Å². The first kappa shape index (κ1) is 12.9. The number of fused-ring (bicyclic) bond motifs is 1. The molecular formula is C10H9Br2FN2O2. The summed E-state index contributed by atoms with van der Waals surface area (Å²) in [5.74, 6) is -0.526. The normalized spacial score (nSPS) is 23.8. The molecule has 0 bridgehead atoms. The highest BCUT2D eigenvalue weighted by Crippen LogP contribution is 2.37. The quantitative estimate of drug-likeness (QED) is 0.265. The lowest BCUT2D eigenvalue weighted by Crippen LogP contribution is -2.50. The Kier molecular flexibility index (Phi) is 3.53. The maximum Gasteiger partial charge on any atom is 0.281 e. The van der Waals surface area contributed by atoms with Gasteiger partial charge in [0.2, 0.25) is 11.4 Å². The SMILES string of the molecule is [O-][N+]1=C(CBr)C[N+]([O-])(CBr)c2ccc(F)cc21. The molecule has 0 radical (unpaired) electrons. The minimum absolute atomic E-state index is 0.0542. The highest BCUT2D eigenvalue weighted by molar-refractivity contribution is 9.09. The van der Waals surface area contributed by atoms with Crippen LogP contribution in [0.2, 0.25) is 0 Å². The zero-order valence-corrected chi connectivity index (χ0v) is 11.9. The maximum absolute atomic E-state index is 13.1. The van der Waals surface area contributed by atoms with Crippen LogP contribution in [-0.4, -0.2) is 27.8 Å². The molecule has 0 aliphatic carbocycles. The molecule has 1 aromatic carbocycles. The van der Waals surface area contributed by atoms with E-state index >= 15 is 0 Å². The zero-order valence-electron chi connectivity index (χ0n) is 8.70. The average Bonchev–Trinajstić information content (AvgIpc) is 2.33. The summed E-state index contributed by atoms with van der Waals surface area (Å²) < 4.78 is 13.1. The van der Waals surface area contributed by atoms with Gasteiger partial charge in [-0.05, 0) is 22.0 Å². The Labute approximate surface area is 114 Å². The summed E-state index contributed by atoms with van der Waals surface area (Å²) in [6, 6.07) is 3.66. The molecule has 1 unspecified atom stereocenters. The number of rotatable bonds is 2. The lowest BCUT2D eigenvalue weighted by atomic mass is 10.2. The molecule has 92 valence electrons. The van der Waals surface area contributed by atoms with E-state index in [4.69, 9.17) is 0 Å². The van der Waals surface area contributed by atoms with Crippen LogP contribution < -0.4 is 4.65 Å². The van der Waals surface area contributed by atoms with Crippen molar-refractivity contribution in [2.75, 3.05) is 17.3 Å². The largest absolute Gasteiger partial charge is 0.626 e. The van der Waals surface area contributed by atoms with Crippen molar-refractivity contribution < 1.29 is 9.13 Å². The molecule has 1 atom stereocenters. The van der Waals surface area contributed by atoms with Gasteiger partial charge in [0.05, 0.1) is 11.4 Å². The minimum atomic E-state index is -0.699. The summed E-state index contributed by atoms with van der Waals surface area (Å²) in [5, 5.41) is 24.7. The number of alkyl halides is 2. The van der Waals surface area contributed by atoms with Crippen molar-refractivity contribution >= 4 is 48.9 Å². The van der Waals surface area contributed by atoms with Gasteiger partial charge in [0.1, 0.15) is 11.3 Å². The summed E-state index contributed by atoms with van der Waals surface area (Å²) >= 11 is 6.31. The Morgan fingerprint density at radius 1 is 1.41 bits per heavy atom. The van der Waals surface area contributed by atoms with E-state index in [0.717, 1.165) is 6.07 Å². The molecule has 1 aliphatic rings. The van der Waals surface area contributed by atoms with Gasteiger partial charge in [-0.3, -0.25) is 0 Å². The third-order valence-electron chi connectivity index (χ3n) is 2.67. The second-order valence-corrected chi connectivity index (χ2v) is 4.86. The summed E-state index contributed by atoms with van der Waals surface area (Å²) in [4.78, 5) is 0. The van der Waals surface area contributed by atoms with E-state index in [1.165, 1.54) is 12.1 Å². The Hall–Kier alpha value is -0.500. The Morgan fingerprint density at radius 3 is 2.71 bits per heavy atom. The molecule has 7 heteroatoms. The van der Waals surface area contributed by atoms with Gasteiger partial charge < -0.3 is 15.1 Å². The number of benzene rings is 1. The summed E-state index contributed by atoms with van der Waals surface area (Å²) in [6.07, 6.45) is 0. The van der Waals surface area contributed by atoms with Crippen molar-refractivity contribution in [1.82, 2.24) is 4.65 Å². The Bertz CT molecular complexity index is 495. The molecule has 2 rings (SSSR count). The number of quaternary nitrogens is 1. The van der Waals surface area contributed by atoms with E-state index in [1.54, 1.807) is 0 Å². The number of nitrogens with zero attached hydrogens (tertiary/aromatic N) is 2. The van der Waals surface area contributed by atoms with Gasteiger partial charge in [0.15, 0.2) is 6.54 Å². The monoisotopic (exact) mass is 366 g/mol. The van der Waals surface area contributed by atoms with Crippen molar-refractivity contribution in [3.8, 4) is 0 Å². The first-order valence-electron chi connectivity index (χ1n) is 4.84. The molecule has 17 heavy (non-hydrogen) atoms. The van der Waals surface area contributed by atoms with E-state index in [2.05, 4.69) is 31.9 Å². The van der Waals surface area contributed by atoms with E-state index < -0.39 is 10.5 Å². The number of halogens is 3. The van der Waals surface area contributed by atoms with Crippen LogP contribution >= 0.6 is 31.9 Å². The molecular weight excluding hydrogens is 359 g/mol. The van der Waals surface area contributed by atoms with Gasteiger partial charge in [0.25, 0.3) is 5.69 Å². The fourth-order valence-corrected chi connectivity index (χ4v) is 2.67. The van der Waals surface area contributed by atoms with Crippen LogP contribution in [0.1, 0.15) is 0 Å². The molecule has 0 saturated heterocycles. The van der Waals surface area contributed by atoms with Crippen LogP contribution in [0.5, 0.6) is 0 Å². The molecule has 1 heterocycles. The van der Waals surface area contributed by atoms with Crippen LogP contribution in [0, 0.1) is 16.2 Å². The summed E-state index contributed by atoms with van der Waals surface area (Å²) in [5.41, 5.74) is 0.872. The molecule has 0 N–H and O–H groups in total. The van der Waals surface area contributed by atoms with Crippen molar-refractivity contribution in [1.29, 1.82) is 0 Å². The highest BCUT2D eigenvalue weighted by atomic mass is 79.9. The predicted molar refractivity (Wildman–Crippen MR) is 72.3 cm³/mol. The molecule has 0 saturated carbocycles. The van der Waals surface area contributed by atoms with Gasteiger partial charge in [-0.25, -0.2) is 4.39 Å². The second-order valence-electron chi connectivity index (χ2n) is 3.79.